The van der Waals surface area contributed by atoms with E-state index in [2.05, 4.69) is 25.6 Å². The molecule has 0 aliphatic carbocycles. The number of hydrogen-bond donors (Lipinski definition) is 1. The van der Waals surface area contributed by atoms with Crippen LogP contribution in [-0.2, 0) is 0 Å². The number of halogens is 3. The van der Waals surface area contributed by atoms with Crippen LogP contribution in [-0.4, -0.2) is 26.6 Å². The molecule has 0 saturated heterocycles. The number of alkyl halides is 3. The lowest BCUT2D eigenvalue weighted by atomic mass is 10.3. The van der Waals surface area contributed by atoms with Gasteiger partial charge in [0.2, 0.25) is 0 Å². The molecule has 9 heteroatoms. The van der Waals surface area contributed by atoms with Gasteiger partial charge in [0.05, 0.1) is 5.69 Å². The molecule has 0 spiro atoms. The Morgan fingerprint density at radius 3 is 2.40 bits per heavy atom. The third kappa shape index (κ3) is 4.56. The average Bonchev–Trinajstić information content (AvgIpc) is 3.04. The van der Waals surface area contributed by atoms with E-state index < -0.39 is 6.36 Å². The molecular weight excluding hydrogens is 335 g/mol. The van der Waals surface area contributed by atoms with Gasteiger partial charge in [-0.15, -0.1) is 18.3 Å². The van der Waals surface area contributed by atoms with Gasteiger partial charge in [-0.25, -0.2) is 0 Å². The van der Waals surface area contributed by atoms with E-state index >= 15 is 0 Å². The van der Waals surface area contributed by atoms with Gasteiger partial charge in [0, 0.05) is 18.0 Å². The Kier molecular flexibility index (Phi) is 4.64. The zero-order valence-electron chi connectivity index (χ0n) is 12.7. The largest absolute Gasteiger partial charge is 0.573 e. The Labute approximate surface area is 140 Å². The fourth-order valence-electron chi connectivity index (χ4n) is 2.02. The van der Waals surface area contributed by atoms with Gasteiger partial charge < -0.3 is 10.1 Å². The van der Waals surface area contributed by atoms with E-state index in [-0.39, 0.29) is 5.75 Å². The number of aromatic nitrogens is 4. The first-order chi connectivity index (χ1) is 12.0. The van der Waals surface area contributed by atoms with Crippen LogP contribution in [0, 0.1) is 0 Å². The van der Waals surface area contributed by atoms with Crippen molar-refractivity contribution in [2.24, 2.45) is 0 Å². The van der Waals surface area contributed by atoms with Crippen LogP contribution in [0.2, 0.25) is 0 Å². The number of anilines is 1. The monoisotopic (exact) mass is 347 g/mol. The second-order valence-corrected chi connectivity index (χ2v) is 4.83. The quantitative estimate of drug-likeness (QED) is 0.763. The summed E-state index contributed by atoms with van der Waals surface area (Å²) >= 11 is 0. The predicted octanol–water partition coefficient (Wildman–Crippen LogP) is 3.64. The minimum atomic E-state index is -4.70. The van der Waals surface area contributed by atoms with E-state index in [1.54, 1.807) is 17.0 Å². The highest BCUT2D eigenvalue weighted by Crippen LogP contribution is 2.24. The van der Waals surface area contributed by atoms with Crippen LogP contribution in [0.25, 0.3) is 11.8 Å². The summed E-state index contributed by atoms with van der Waals surface area (Å²) in [5.74, 6) is 0.214. The molecule has 0 radical (unpaired) electrons. The molecule has 128 valence electrons. The lowest BCUT2D eigenvalue weighted by Crippen LogP contribution is -2.16. The number of hydrogen-bond acceptors (Lipinski definition) is 5. The van der Waals surface area contributed by atoms with Crippen LogP contribution in [0.15, 0.2) is 60.8 Å². The van der Waals surface area contributed by atoms with Crippen molar-refractivity contribution in [3.05, 3.63) is 66.6 Å². The standard InChI is InChI=1S/C16H12F3N5O/c17-16(18,19)25-14-8-6-12(7-9-14)20-11-10-15-21-22-23-24(15)13-4-2-1-3-5-13/h1-11,20H/b11-10-. The Bertz CT molecular complexity index is 844. The highest BCUT2D eigenvalue weighted by Gasteiger charge is 2.30. The maximum atomic E-state index is 12.1. The number of tetrazole rings is 1. The van der Waals surface area contributed by atoms with Crippen LogP contribution >= 0.6 is 0 Å². The number of ether oxygens (including phenoxy) is 1. The first kappa shape index (κ1) is 16.5. The van der Waals surface area contributed by atoms with Crippen molar-refractivity contribution in [1.29, 1.82) is 0 Å². The van der Waals surface area contributed by atoms with E-state index in [0.29, 0.717) is 11.5 Å². The van der Waals surface area contributed by atoms with Gasteiger partial charge in [0.25, 0.3) is 0 Å². The predicted molar refractivity (Wildman–Crippen MR) is 84.9 cm³/mol. The lowest BCUT2D eigenvalue weighted by Gasteiger charge is -2.09. The molecule has 0 amide bonds. The van der Waals surface area contributed by atoms with E-state index in [0.717, 1.165) is 5.69 Å². The second-order valence-electron chi connectivity index (χ2n) is 4.83. The first-order valence-electron chi connectivity index (χ1n) is 7.14. The number of para-hydroxylation sites is 1. The van der Waals surface area contributed by atoms with Crippen LogP contribution in [0.1, 0.15) is 5.82 Å². The Morgan fingerprint density at radius 2 is 1.72 bits per heavy atom. The molecule has 6 nitrogen and oxygen atoms in total. The summed E-state index contributed by atoms with van der Waals surface area (Å²) in [5, 5.41) is 14.4. The molecule has 0 fully saturated rings. The fraction of sp³-hybridized carbons (Fsp3) is 0.0625. The highest BCUT2D eigenvalue weighted by atomic mass is 19.4. The minimum absolute atomic E-state index is 0.282. The van der Waals surface area contributed by atoms with Gasteiger partial charge in [-0.05, 0) is 46.8 Å². The molecule has 0 aliphatic rings. The van der Waals surface area contributed by atoms with Crippen molar-refractivity contribution in [3.8, 4) is 11.4 Å². The van der Waals surface area contributed by atoms with Gasteiger partial charge in [-0.1, -0.05) is 18.2 Å². The molecule has 0 atom stereocenters. The van der Waals surface area contributed by atoms with Crippen molar-refractivity contribution < 1.29 is 17.9 Å². The zero-order valence-corrected chi connectivity index (χ0v) is 12.7. The molecule has 3 aromatic rings. The number of rotatable bonds is 5. The van der Waals surface area contributed by atoms with E-state index in [1.165, 1.54) is 24.3 Å². The molecule has 0 bridgehead atoms. The van der Waals surface area contributed by atoms with Crippen LogP contribution in [0.5, 0.6) is 5.75 Å². The zero-order chi connectivity index (χ0) is 17.7. The van der Waals surface area contributed by atoms with Gasteiger partial charge >= 0.3 is 6.36 Å². The third-order valence-corrected chi connectivity index (χ3v) is 3.06. The summed E-state index contributed by atoms with van der Waals surface area (Å²) in [6.45, 7) is 0. The van der Waals surface area contributed by atoms with Crippen molar-refractivity contribution in [2.45, 2.75) is 6.36 Å². The van der Waals surface area contributed by atoms with E-state index in [4.69, 9.17) is 0 Å². The van der Waals surface area contributed by atoms with Gasteiger partial charge in [0.1, 0.15) is 5.75 Å². The number of nitrogens with zero attached hydrogens (tertiary/aromatic N) is 4. The Morgan fingerprint density at radius 1 is 1.00 bits per heavy atom. The molecule has 1 aromatic heterocycles. The van der Waals surface area contributed by atoms with Crippen LogP contribution in [0.4, 0.5) is 18.9 Å². The number of benzene rings is 2. The van der Waals surface area contributed by atoms with Crippen molar-refractivity contribution in [1.82, 2.24) is 20.2 Å². The molecule has 0 unspecified atom stereocenters. The topological polar surface area (TPSA) is 64.9 Å². The average molecular weight is 347 g/mol. The molecule has 2 aromatic carbocycles. The van der Waals surface area contributed by atoms with Gasteiger partial charge in [-0.2, -0.15) is 4.68 Å². The van der Waals surface area contributed by atoms with Crippen molar-refractivity contribution >= 4 is 11.8 Å². The van der Waals surface area contributed by atoms with Crippen LogP contribution < -0.4 is 10.1 Å². The highest BCUT2D eigenvalue weighted by molar-refractivity contribution is 5.53. The summed E-state index contributed by atoms with van der Waals surface area (Å²) < 4.78 is 41.7. The minimum Gasteiger partial charge on any atom is -0.406 e. The smallest absolute Gasteiger partial charge is 0.406 e. The maximum absolute atomic E-state index is 12.1. The maximum Gasteiger partial charge on any atom is 0.573 e. The first-order valence-corrected chi connectivity index (χ1v) is 7.14. The van der Waals surface area contributed by atoms with Crippen molar-refractivity contribution in [2.75, 3.05) is 5.32 Å². The lowest BCUT2D eigenvalue weighted by molar-refractivity contribution is -0.274. The van der Waals surface area contributed by atoms with Gasteiger partial charge in [-0.3, -0.25) is 0 Å². The molecule has 1 N–H and O–H groups in total. The molecule has 3 rings (SSSR count). The van der Waals surface area contributed by atoms with Crippen molar-refractivity contribution in [3.63, 3.8) is 0 Å². The summed E-state index contributed by atoms with van der Waals surface area (Å²) in [7, 11) is 0. The molecular formula is C16H12F3N5O. The normalized spacial score (nSPS) is 11.6. The summed E-state index contributed by atoms with van der Waals surface area (Å²) in [6.07, 6.45) is -1.47. The summed E-state index contributed by atoms with van der Waals surface area (Å²) in [6, 6.07) is 14.7. The fourth-order valence-corrected chi connectivity index (χ4v) is 2.02. The molecule has 0 aliphatic heterocycles. The molecule has 1 heterocycles. The van der Waals surface area contributed by atoms with E-state index in [9.17, 15) is 13.2 Å². The third-order valence-electron chi connectivity index (χ3n) is 3.06. The molecule has 25 heavy (non-hydrogen) atoms. The summed E-state index contributed by atoms with van der Waals surface area (Å²) in [5.41, 5.74) is 1.39. The van der Waals surface area contributed by atoms with E-state index in [1.807, 2.05) is 30.3 Å². The van der Waals surface area contributed by atoms with Crippen LogP contribution in [0.3, 0.4) is 0 Å². The molecule has 0 saturated carbocycles. The Balaban J connectivity index is 1.66. The summed E-state index contributed by atoms with van der Waals surface area (Å²) in [4.78, 5) is 0. The van der Waals surface area contributed by atoms with Gasteiger partial charge in [0.15, 0.2) is 5.82 Å². The number of nitrogens with one attached hydrogen (secondary N) is 1. The Hall–Kier alpha value is -3.36. The second kappa shape index (κ2) is 7.04. The SMILES string of the molecule is FC(F)(F)Oc1ccc(N/C=C\c2nnnn2-c2ccccc2)cc1.